The summed E-state index contributed by atoms with van der Waals surface area (Å²) in [4.78, 5) is 38.2. The van der Waals surface area contributed by atoms with Crippen molar-refractivity contribution in [3.63, 3.8) is 0 Å². The molecule has 2 aliphatic heterocycles. The molecule has 0 bridgehead atoms. The van der Waals surface area contributed by atoms with Crippen molar-refractivity contribution in [1.82, 2.24) is 10.2 Å². The number of carbonyl (C=O) groups excluding carboxylic acids is 3. The molecule has 3 atom stereocenters. The van der Waals surface area contributed by atoms with Gasteiger partial charge in [0.2, 0.25) is 11.8 Å². The van der Waals surface area contributed by atoms with Crippen LogP contribution in [0.2, 0.25) is 0 Å². The Bertz CT molecular complexity index is 1880. The topological polar surface area (TPSA) is 126 Å². The van der Waals surface area contributed by atoms with Crippen molar-refractivity contribution in [1.29, 1.82) is 0 Å². The van der Waals surface area contributed by atoms with Gasteiger partial charge in [0.1, 0.15) is 24.1 Å². The van der Waals surface area contributed by atoms with Gasteiger partial charge in [-0.15, -0.1) is 0 Å². The zero-order chi connectivity index (χ0) is 35.9. The molecule has 10 nitrogen and oxygen atoms in total. The first-order valence-electron chi connectivity index (χ1n) is 18.2. The summed E-state index contributed by atoms with van der Waals surface area (Å²) in [6.45, 7) is 3.54. The highest BCUT2D eigenvalue weighted by Gasteiger charge is 2.39. The van der Waals surface area contributed by atoms with Crippen molar-refractivity contribution in [2.75, 3.05) is 44.9 Å². The molecular formula is C42H45N3O7. The Hall–Kier alpha value is -5.19. The van der Waals surface area contributed by atoms with E-state index in [1.54, 1.807) is 17.0 Å². The molecule has 10 heteroatoms. The first-order valence-corrected chi connectivity index (χ1v) is 18.2. The summed E-state index contributed by atoms with van der Waals surface area (Å²) in [6.07, 6.45) is 3.37. The molecular weight excluding hydrogens is 658 g/mol. The molecule has 4 aromatic rings. The molecule has 0 saturated carbocycles. The predicted molar refractivity (Wildman–Crippen MR) is 197 cm³/mol. The van der Waals surface area contributed by atoms with Crippen molar-refractivity contribution >= 4 is 23.4 Å². The first-order chi connectivity index (χ1) is 25.4. The maximum absolute atomic E-state index is 12.9. The van der Waals surface area contributed by atoms with Gasteiger partial charge in [-0.25, -0.2) is 0 Å². The van der Waals surface area contributed by atoms with Crippen LogP contribution in [0, 0.1) is 0 Å². The second-order valence-electron chi connectivity index (χ2n) is 13.6. The predicted octanol–water partition coefficient (Wildman–Crippen LogP) is 5.93. The molecule has 1 aliphatic carbocycles. The minimum atomic E-state index is -0.613. The van der Waals surface area contributed by atoms with E-state index >= 15 is 0 Å². The number of nitrogens with zero attached hydrogens (tertiary/aromatic N) is 1. The third-order valence-electron chi connectivity index (χ3n) is 10.2. The highest BCUT2D eigenvalue weighted by molar-refractivity contribution is 6.05. The van der Waals surface area contributed by atoms with Gasteiger partial charge in [-0.1, -0.05) is 48.5 Å². The first kappa shape index (κ1) is 35.2. The molecule has 0 radical (unpaired) electrons. The summed E-state index contributed by atoms with van der Waals surface area (Å²) in [6, 6.07) is 29.9. The van der Waals surface area contributed by atoms with Crippen molar-refractivity contribution in [2.24, 2.45) is 0 Å². The molecule has 1 saturated heterocycles. The largest absolute Gasteiger partial charge is 0.508 e. The molecule has 52 heavy (non-hydrogen) atoms. The maximum Gasteiger partial charge on any atom is 0.255 e. The van der Waals surface area contributed by atoms with Gasteiger partial charge in [-0.05, 0) is 102 Å². The van der Waals surface area contributed by atoms with Crippen molar-refractivity contribution in [2.45, 2.75) is 56.5 Å². The number of hydrogen-bond donors (Lipinski definition) is 3. The number of ether oxygens (including phenoxy) is 3. The SMILES string of the molecule is O=C1CC[C@H](N2Cc3cc(NCCCOCCOCCOc4ccc([C@@H]5c6ccc(O)cc6CC[C@@H]5c5ccccc5)cc4)ccc3C2=O)C(=O)N1. The number of carbonyl (C=O) groups is 3. The van der Waals surface area contributed by atoms with Crippen molar-refractivity contribution in [3.05, 3.63) is 124 Å². The van der Waals surface area contributed by atoms with Crippen molar-refractivity contribution in [3.8, 4) is 11.5 Å². The van der Waals surface area contributed by atoms with Crippen LogP contribution in [-0.4, -0.2) is 73.3 Å². The summed E-state index contributed by atoms with van der Waals surface area (Å²) in [5, 5.41) is 15.8. The number of imide groups is 1. The van der Waals surface area contributed by atoms with Crippen LogP contribution in [0.4, 0.5) is 5.69 Å². The van der Waals surface area contributed by atoms with Crippen LogP contribution in [0.1, 0.15) is 75.7 Å². The minimum absolute atomic E-state index is 0.172. The molecule has 7 rings (SSSR count). The number of hydrogen-bond acceptors (Lipinski definition) is 8. The lowest BCUT2D eigenvalue weighted by Gasteiger charge is -2.34. The van der Waals surface area contributed by atoms with E-state index in [-0.39, 0.29) is 24.2 Å². The van der Waals surface area contributed by atoms with E-state index in [0.29, 0.717) is 69.8 Å². The fourth-order valence-electron chi connectivity index (χ4n) is 7.68. The Morgan fingerprint density at radius 1 is 0.769 bits per heavy atom. The molecule has 1 fully saturated rings. The Morgan fingerprint density at radius 3 is 2.37 bits per heavy atom. The van der Waals surface area contributed by atoms with Crippen LogP contribution in [-0.2, 0) is 32.0 Å². The molecule has 4 aromatic carbocycles. The fourth-order valence-corrected chi connectivity index (χ4v) is 7.68. The van der Waals surface area contributed by atoms with E-state index in [4.69, 9.17) is 14.2 Å². The van der Waals surface area contributed by atoms with Gasteiger partial charge in [0.15, 0.2) is 0 Å². The molecule has 0 unspecified atom stereocenters. The summed E-state index contributed by atoms with van der Waals surface area (Å²) in [7, 11) is 0. The minimum Gasteiger partial charge on any atom is -0.508 e. The lowest BCUT2D eigenvalue weighted by molar-refractivity contribution is -0.136. The standard InChI is InChI=1S/C42H45N3O7/c46-33-11-16-36-30(26-33)9-14-35(28-5-2-1-3-6-28)40(36)29-7-12-34(13-8-29)52-24-23-51-22-21-50-20-4-19-43-32-10-15-37-31(25-32)27-45(42(37)49)38-17-18-39(47)44-41(38)48/h1-3,5-8,10-13,15-16,25-26,35,38,40,43,46H,4,9,14,17-24,27H2,(H,44,47,48)/t35-,38+,40+/m1/s1. The Balaban J connectivity index is 0.784. The van der Waals surface area contributed by atoms with Crippen LogP contribution in [0.25, 0.3) is 0 Å². The molecule has 3 amide bonds. The second kappa shape index (κ2) is 16.4. The zero-order valence-electron chi connectivity index (χ0n) is 29.2. The zero-order valence-corrected chi connectivity index (χ0v) is 29.2. The molecule has 0 aromatic heterocycles. The number of piperidine rings is 1. The van der Waals surface area contributed by atoms with Gasteiger partial charge in [-0.2, -0.15) is 0 Å². The summed E-state index contributed by atoms with van der Waals surface area (Å²) >= 11 is 0. The monoisotopic (exact) mass is 703 g/mol. The Kier molecular flexibility index (Phi) is 11.1. The molecule has 2 heterocycles. The van der Waals surface area contributed by atoms with Crippen LogP contribution in [0.15, 0.2) is 91.0 Å². The summed E-state index contributed by atoms with van der Waals surface area (Å²) in [5.41, 5.74) is 7.44. The lowest BCUT2D eigenvalue weighted by atomic mass is 9.69. The van der Waals surface area contributed by atoms with E-state index in [1.165, 1.54) is 22.3 Å². The number of nitrogens with one attached hydrogen (secondary N) is 2. The van der Waals surface area contributed by atoms with E-state index in [9.17, 15) is 19.5 Å². The van der Waals surface area contributed by atoms with Crippen LogP contribution in [0.5, 0.6) is 11.5 Å². The maximum atomic E-state index is 12.9. The molecule has 270 valence electrons. The van der Waals surface area contributed by atoms with E-state index in [2.05, 4.69) is 59.2 Å². The van der Waals surface area contributed by atoms with Gasteiger partial charge in [0.25, 0.3) is 5.91 Å². The number of aromatic hydroxyl groups is 1. The van der Waals surface area contributed by atoms with Crippen LogP contribution >= 0.6 is 0 Å². The highest BCUT2D eigenvalue weighted by atomic mass is 16.5. The molecule has 3 N–H and O–H groups in total. The van der Waals surface area contributed by atoms with Crippen molar-refractivity contribution < 1.29 is 33.7 Å². The third-order valence-corrected chi connectivity index (χ3v) is 10.2. The number of rotatable bonds is 15. The van der Waals surface area contributed by atoms with E-state index < -0.39 is 11.9 Å². The summed E-state index contributed by atoms with van der Waals surface area (Å²) in [5.74, 6) is 0.810. The van der Waals surface area contributed by atoms with Crippen LogP contribution in [0.3, 0.4) is 0 Å². The second-order valence-corrected chi connectivity index (χ2v) is 13.6. The number of phenols is 1. The summed E-state index contributed by atoms with van der Waals surface area (Å²) < 4.78 is 17.4. The van der Waals surface area contributed by atoms with Gasteiger partial charge >= 0.3 is 0 Å². The van der Waals surface area contributed by atoms with Gasteiger partial charge < -0.3 is 29.5 Å². The lowest BCUT2D eigenvalue weighted by Crippen LogP contribution is -2.52. The quantitative estimate of drug-likeness (QED) is 0.103. The number of amides is 3. The number of benzene rings is 4. The molecule has 0 spiro atoms. The van der Waals surface area contributed by atoms with Crippen LogP contribution < -0.4 is 15.4 Å². The highest BCUT2D eigenvalue weighted by Crippen LogP contribution is 2.47. The number of phenolic OH excluding ortho intramolecular Hbond substituents is 1. The van der Waals surface area contributed by atoms with E-state index in [1.807, 2.05) is 30.3 Å². The normalized spacial score (nSPS) is 19.6. The number of anilines is 1. The van der Waals surface area contributed by atoms with Gasteiger partial charge in [0.05, 0.1) is 19.8 Å². The smallest absolute Gasteiger partial charge is 0.255 e. The Labute approximate surface area is 304 Å². The number of fused-ring (bicyclic) bond motifs is 2. The molecule has 3 aliphatic rings. The Morgan fingerprint density at radius 2 is 1.56 bits per heavy atom. The van der Waals surface area contributed by atoms with Gasteiger partial charge in [-0.3, -0.25) is 19.7 Å². The fraction of sp³-hybridized carbons (Fsp3) is 0.357. The third kappa shape index (κ3) is 8.14. The van der Waals surface area contributed by atoms with Gasteiger partial charge in [0, 0.05) is 43.3 Å². The number of aryl methyl sites for hydroxylation is 1. The average Bonchev–Trinajstić information content (AvgIpc) is 3.48. The average molecular weight is 704 g/mol. The van der Waals surface area contributed by atoms with E-state index in [0.717, 1.165) is 36.3 Å².